The van der Waals surface area contributed by atoms with Gasteiger partial charge in [0.1, 0.15) is 11.4 Å². The number of aromatic nitrogens is 1. The first-order valence-corrected chi connectivity index (χ1v) is 10.6. The van der Waals surface area contributed by atoms with Crippen LogP contribution in [0, 0.1) is 5.92 Å². The van der Waals surface area contributed by atoms with Crippen molar-refractivity contribution in [1.29, 1.82) is 0 Å². The van der Waals surface area contributed by atoms with E-state index in [9.17, 15) is 19.8 Å². The Bertz CT molecular complexity index is 1020. The lowest BCUT2D eigenvalue weighted by Gasteiger charge is -2.58. The third-order valence-corrected chi connectivity index (χ3v) is 7.23. The van der Waals surface area contributed by atoms with Crippen molar-refractivity contribution in [2.45, 2.75) is 56.1 Å². The smallest absolute Gasteiger partial charge is 0.255 e. The van der Waals surface area contributed by atoms with Crippen molar-refractivity contribution in [2.75, 3.05) is 6.61 Å². The normalized spacial score (nSPS) is 32.1. The molecule has 7 nitrogen and oxygen atoms in total. The Morgan fingerprint density at radius 1 is 1.29 bits per heavy atom. The van der Waals surface area contributed by atoms with Crippen LogP contribution in [0.1, 0.15) is 61.1 Å². The number of benzene rings is 1. The second kappa shape index (κ2) is 7.43. The molecule has 0 spiro atoms. The van der Waals surface area contributed by atoms with Crippen molar-refractivity contribution < 1.29 is 24.5 Å². The molecule has 1 amide bonds. The van der Waals surface area contributed by atoms with Crippen LogP contribution in [0.15, 0.2) is 42.6 Å². The Labute approximate surface area is 181 Å². The van der Waals surface area contributed by atoms with Crippen LogP contribution in [0.5, 0.6) is 5.75 Å². The summed E-state index contributed by atoms with van der Waals surface area (Å²) in [5.41, 5.74) is 3.48. The van der Waals surface area contributed by atoms with Crippen LogP contribution in [-0.2, 0) is 15.8 Å². The molecule has 31 heavy (non-hydrogen) atoms. The minimum absolute atomic E-state index is 0.0430. The van der Waals surface area contributed by atoms with Gasteiger partial charge < -0.3 is 20.7 Å². The summed E-state index contributed by atoms with van der Waals surface area (Å²) in [7, 11) is 0. The molecule has 164 valence electrons. The van der Waals surface area contributed by atoms with E-state index >= 15 is 0 Å². The maximum Gasteiger partial charge on any atom is 0.255 e. The summed E-state index contributed by atoms with van der Waals surface area (Å²) < 4.78 is 5.39. The molecule has 1 aromatic heterocycles. The van der Waals surface area contributed by atoms with Crippen molar-refractivity contribution in [3.63, 3.8) is 0 Å². The zero-order valence-electron chi connectivity index (χ0n) is 17.8. The van der Waals surface area contributed by atoms with Gasteiger partial charge in [-0.2, -0.15) is 0 Å². The molecule has 2 aliphatic rings. The predicted molar refractivity (Wildman–Crippen MR) is 114 cm³/mol. The fourth-order valence-corrected chi connectivity index (χ4v) is 5.62. The second-order valence-electron chi connectivity index (χ2n) is 9.03. The zero-order chi connectivity index (χ0) is 22.4. The molecule has 4 atom stereocenters. The summed E-state index contributed by atoms with van der Waals surface area (Å²) in [6, 6.07) is 10.5. The van der Waals surface area contributed by atoms with Crippen LogP contribution >= 0.6 is 0 Å². The Balaban J connectivity index is 1.78. The molecule has 2 aromatic rings. The van der Waals surface area contributed by atoms with Gasteiger partial charge in [-0.3, -0.25) is 14.6 Å². The summed E-state index contributed by atoms with van der Waals surface area (Å²) in [4.78, 5) is 28.4. The van der Waals surface area contributed by atoms with Crippen LogP contribution in [0.25, 0.3) is 0 Å². The molecule has 0 radical (unpaired) electrons. The van der Waals surface area contributed by atoms with E-state index in [4.69, 9.17) is 10.5 Å². The maximum absolute atomic E-state index is 13.1. The molecule has 4 rings (SSSR count). The average molecular weight is 424 g/mol. The molecule has 1 aromatic carbocycles. The number of hydrogen-bond acceptors (Lipinski definition) is 6. The molecule has 4 N–H and O–H groups in total. The summed E-state index contributed by atoms with van der Waals surface area (Å²) in [6.07, 6.45) is 3.07. The van der Waals surface area contributed by atoms with Crippen molar-refractivity contribution in [1.82, 2.24) is 4.98 Å². The van der Waals surface area contributed by atoms with Gasteiger partial charge in [0.05, 0.1) is 11.3 Å². The van der Waals surface area contributed by atoms with Gasteiger partial charge in [0, 0.05) is 23.6 Å². The number of nitrogens with zero attached hydrogens (tertiary/aromatic N) is 1. The van der Waals surface area contributed by atoms with Crippen molar-refractivity contribution in [2.24, 2.45) is 11.7 Å². The van der Waals surface area contributed by atoms with E-state index in [2.05, 4.69) is 4.98 Å². The standard InChI is InChI=1S/C24H28N2O5/c1-3-23-14-22(2,29)24(30,20-6-4-5-9-26-20)12-15(23)10-19(27)17-11-16(7-8-18(17)23)31-13-21(25)28/h4-9,11,15,29-30H,3,10,12-14H2,1-2H3,(H2,25,28)/t15-,22?,23?,24?/m0/s1. The van der Waals surface area contributed by atoms with E-state index in [1.807, 2.05) is 13.0 Å². The number of hydrogen-bond donors (Lipinski definition) is 3. The number of pyridine rings is 1. The number of primary amides is 1. The molecule has 0 aliphatic heterocycles. The number of nitrogens with two attached hydrogens (primary N) is 1. The maximum atomic E-state index is 13.1. The Hall–Kier alpha value is -2.77. The summed E-state index contributed by atoms with van der Waals surface area (Å²) in [5, 5.41) is 23.2. The van der Waals surface area contributed by atoms with E-state index in [0.717, 1.165) is 5.56 Å². The average Bonchev–Trinajstić information content (AvgIpc) is 2.74. The molecule has 1 fully saturated rings. The van der Waals surface area contributed by atoms with Crippen LogP contribution in [0.3, 0.4) is 0 Å². The van der Waals surface area contributed by atoms with Gasteiger partial charge >= 0.3 is 0 Å². The van der Waals surface area contributed by atoms with Gasteiger partial charge in [-0.15, -0.1) is 0 Å². The number of carbonyl (C=O) groups is 2. The zero-order valence-corrected chi connectivity index (χ0v) is 17.8. The quantitative estimate of drug-likeness (QED) is 0.676. The molecule has 0 bridgehead atoms. The van der Waals surface area contributed by atoms with E-state index in [-0.39, 0.29) is 37.6 Å². The highest BCUT2D eigenvalue weighted by molar-refractivity contribution is 6.00. The molecule has 2 aliphatic carbocycles. The minimum Gasteiger partial charge on any atom is -0.484 e. The predicted octanol–water partition coefficient (Wildman–Crippen LogP) is 2.23. The molecule has 0 saturated heterocycles. The lowest BCUT2D eigenvalue weighted by Crippen LogP contribution is -2.62. The van der Waals surface area contributed by atoms with E-state index in [1.165, 1.54) is 0 Å². The van der Waals surface area contributed by atoms with E-state index in [0.29, 0.717) is 23.4 Å². The first-order valence-electron chi connectivity index (χ1n) is 10.6. The lowest BCUT2D eigenvalue weighted by atomic mass is 9.49. The summed E-state index contributed by atoms with van der Waals surface area (Å²) in [6.45, 7) is 3.43. The van der Waals surface area contributed by atoms with Crippen LogP contribution in [-0.4, -0.2) is 39.1 Å². The van der Waals surface area contributed by atoms with Crippen LogP contribution < -0.4 is 10.5 Å². The largest absolute Gasteiger partial charge is 0.484 e. The number of rotatable bonds is 5. The number of ketones is 1. The number of amides is 1. The minimum atomic E-state index is -1.56. The molecule has 1 saturated carbocycles. The summed E-state index contributed by atoms with van der Waals surface area (Å²) >= 11 is 0. The monoisotopic (exact) mass is 424 g/mol. The van der Waals surface area contributed by atoms with Gasteiger partial charge in [0.25, 0.3) is 5.91 Å². The highest BCUT2D eigenvalue weighted by atomic mass is 16.5. The molecule has 3 unspecified atom stereocenters. The van der Waals surface area contributed by atoms with E-state index in [1.54, 1.807) is 43.5 Å². The number of fused-ring (bicyclic) bond motifs is 3. The Morgan fingerprint density at radius 2 is 2.06 bits per heavy atom. The fourth-order valence-electron chi connectivity index (χ4n) is 5.62. The number of aliphatic hydroxyl groups is 2. The SMILES string of the molecule is CCC12CC(C)(O)C(O)(c3ccccn3)C[C@@H]1CC(=O)c1cc(OCC(N)=O)ccc12. The second-order valence-corrected chi connectivity index (χ2v) is 9.03. The molecule has 7 heteroatoms. The van der Waals surface area contributed by atoms with Crippen molar-refractivity contribution in [3.8, 4) is 5.75 Å². The number of carbonyl (C=O) groups excluding carboxylic acids is 2. The Kier molecular flexibility index (Phi) is 5.14. The fraction of sp³-hybridized carbons (Fsp3) is 0.458. The third kappa shape index (κ3) is 3.32. The first kappa shape index (κ1) is 21.5. The van der Waals surface area contributed by atoms with Crippen molar-refractivity contribution >= 4 is 11.7 Å². The van der Waals surface area contributed by atoms with E-state index < -0.39 is 22.5 Å². The van der Waals surface area contributed by atoms with Gasteiger partial charge in [-0.1, -0.05) is 19.1 Å². The van der Waals surface area contributed by atoms with Crippen LogP contribution in [0.2, 0.25) is 0 Å². The van der Waals surface area contributed by atoms with Crippen LogP contribution in [0.4, 0.5) is 0 Å². The third-order valence-electron chi connectivity index (χ3n) is 7.23. The van der Waals surface area contributed by atoms with Gasteiger partial charge in [0.2, 0.25) is 0 Å². The first-order chi connectivity index (χ1) is 14.6. The highest BCUT2D eigenvalue weighted by Crippen LogP contribution is 2.59. The van der Waals surface area contributed by atoms with Gasteiger partial charge in [-0.25, -0.2) is 0 Å². The summed E-state index contributed by atoms with van der Waals surface area (Å²) in [5.74, 6) is -0.380. The molecular formula is C24H28N2O5. The Morgan fingerprint density at radius 3 is 2.71 bits per heavy atom. The van der Waals surface area contributed by atoms with Gasteiger partial charge in [-0.05, 0) is 61.9 Å². The van der Waals surface area contributed by atoms with Gasteiger partial charge in [0.15, 0.2) is 12.4 Å². The van der Waals surface area contributed by atoms with Crippen molar-refractivity contribution in [3.05, 3.63) is 59.4 Å². The number of ether oxygens (including phenoxy) is 1. The topological polar surface area (TPSA) is 123 Å². The highest BCUT2D eigenvalue weighted by Gasteiger charge is 2.62. The molecule has 1 heterocycles. The molecular weight excluding hydrogens is 396 g/mol. The lowest BCUT2D eigenvalue weighted by molar-refractivity contribution is -0.205. The number of Topliss-reactive ketones (excluding diaryl/α,β-unsaturated/α-hetero) is 1.